The highest BCUT2D eigenvalue weighted by atomic mass is 32.2. The SMILES string of the molecule is COc1ncccc1CNC(=O)[C@H]1CS[C@]2(C)CCC(=O)N12. The third kappa shape index (κ3) is 2.54. The summed E-state index contributed by atoms with van der Waals surface area (Å²) in [6, 6.07) is 3.28. The number of hydrogen-bond acceptors (Lipinski definition) is 5. The molecule has 2 aliphatic rings. The Kier molecular flexibility index (Phi) is 3.99. The summed E-state index contributed by atoms with van der Waals surface area (Å²) < 4.78 is 5.17. The Balaban J connectivity index is 1.67. The van der Waals surface area contributed by atoms with Gasteiger partial charge in [-0.15, -0.1) is 11.8 Å². The van der Waals surface area contributed by atoms with E-state index in [-0.39, 0.29) is 22.7 Å². The number of nitrogens with zero attached hydrogens (tertiary/aromatic N) is 2. The molecule has 0 aliphatic carbocycles. The number of hydrogen-bond donors (Lipinski definition) is 1. The molecule has 0 bridgehead atoms. The number of amides is 2. The lowest BCUT2D eigenvalue weighted by Gasteiger charge is -2.29. The van der Waals surface area contributed by atoms with E-state index in [9.17, 15) is 9.59 Å². The van der Waals surface area contributed by atoms with Gasteiger partial charge in [0.25, 0.3) is 0 Å². The molecule has 3 heterocycles. The number of nitrogens with one attached hydrogen (secondary N) is 1. The maximum Gasteiger partial charge on any atom is 0.243 e. The Labute approximate surface area is 133 Å². The molecule has 0 saturated carbocycles. The largest absolute Gasteiger partial charge is 0.481 e. The summed E-state index contributed by atoms with van der Waals surface area (Å²) in [6.07, 6.45) is 2.99. The van der Waals surface area contributed by atoms with Crippen molar-refractivity contribution in [1.29, 1.82) is 0 Å². The predicted octanol–water partition coefficient (Wildman–Crippen LogP) is 1.16. The van der Waals surface area contributed by atoms with E-state index >= 15 is 0 Å². The predicted molar refractivity (Wildman–Crippen MR) is 83.4 cm³/mol. The van der Waals surface area contributed by atoms with Gasteiger partial charge in [-0.25, -0.2) is 4.98 Å². The molecule has 1 aromatic heterocycles. The lowest BCUT2D eigenvalue weighted by atomic mass is 10.2. The van der Waals surface area contributed by atoms with Gasteiger partial charge < -0.3 is 15.0 Å². The molecule has 0 aromatic carbocycles. The summed E-state index contributed by atoms with van der Waals surface area (Å²) in [5, 5.41) is 2.90. The number of aromatic nitrogens is 1. The minimum atomic E-state index is -0.382. The van der Waals surface area contributed by atoms with Crippen LogP contribution in [0.15, 0.2) is 18.3 Å². The maximum atomic E-state index is 12.5. The molecule has 0 spiro atoms. The molecule has 7 heteroatoms. The minimum Gasteiger partial charge on any atom is -0.481 e. The van der Waals surface area contributed by atoms with E-state index in [0.717, 1.165) is 12.0 Å². The van der Waals surface area contributed by atoms with Gasteiger partial charge in [0.15, 0.2) is 0 Å². The van der Waals surface area contributed by atoms with Crippen molar-refractivity contribution >= 4 is 23.6 Å². The second-order valence-corrected chi connectivity index (χ2v) is 7.16. The molecule has 2 aliphatic heterocycles. The van der Waals surface area contributed by atoms with Crippen LogP contribution in [0.1, 0.15) is 25.3 Å². The molecule has 0 unspecified atom stereocenters. The van der Waals surface area contributed by atoms with E-state index in [1.807, 2.05) is 13.0 Å². The number of thioether (sulfide) groups is 1. The summed E-state index contributed by atoms with van der Waals surface area (Å²) in [5.41, 5.74) is 0.819. The fourth-order valence-corrected chi connectivity index (χ4v) is 4.49. The summed E-state index contributed by atoms with van der Waals surface area (Å²) >= 11 is 1.69. The molecule has 1 N–H and O–H groups in total. The number of methoxy groups -OCH3 is 1. The lowest BCUT2D eigenvalue weighted by Crippen LogP contribution is -2.49. The lowest BCUT2D eigenvalue weighted by molar-refractivity contribution is -0.138. The number of carbonyl (C=O) groups excluding carboxylic acids is 2. The van der Waals surface area contributed by atoms with Crippen LogP contribution in [0.25, 0.3) is 0 Å². The molecule has 2 atom stereocenters. The van der Waals surface area contributed by atoms with Crippen LogP contribution in [0.4, 0.5) is 0 Å². The smallest absolute Gasteiger partial charge is 0.243 e. The molecule has 2 saturated heterocycles. The van der Waals surface area contributed by atoms with Gasteiger partial charge in [-0.05, 0) is 19.4 Å². The van der Waals surface area contributed by atoms with E-state index < -0.39 is 0 Å². The number of pyridine rings is 1. The molecular weight excluding hydrogens is 302 g/mol. The molecule has 2 fully saturated rings. The topological polar surface area (TPSA) is 71.5 Å². The van der Waals surface area contributed by atoms with E-state index in [0.29, 0.717) is 24.6 Å². The second kappa shape index (κ2) is 5.79. The highest BCUT2D eigenvalue weighted by Gasteiger charge is 2.52. The van der Waals surface area contributed by atoms with Crippen LogP contribution in [0, 0.1) is 0 Å². The Morgan fingerprint density at radius 2 is 2.45 bits per heavy atom. The third-order valence-electron chi connectivity index (χ3n) is 4.24. The maximum absolute atomic E-state index is 12.5. The first-order valence-corrected chi connectivity index (χ1v) is 8.25. The summed E-state index contributed by atoms with van der Waals surface area (Å²) in [5.74, 6) is 1.12. The number of rotatable bonds is 4. The first kappa shape index (κ1) is 15.1. The van der Waals surface area contributed by atoms with Crippen LogP contribution in [-0.4, -0.2) is 45.5 Å². The standard InChI is InChI=1S/C15H19N3O3S/c1-15-6-5-12(19)18(15)11(9-22-15)13(20)17-8-10-4-3-7-16-14(10)21-2/h3-4,7,11H,5-6,8-9H2,1-2H3,(H,17,20)/t11-,15-/m1/s1. The van der Waals surface area contributed by atoms with Crippen LogP contribution in [0.2, 0.25) is 0 Å². The van der Waals surface area contributed by atoms with Crippen molar-refractivity contribution in [1.82, 2.24) is 15.2 Å². The molecular formula is C15H19N3O3S. The normalized spacial score (nSPS) is 26.9. The molecule has 6 nitrogen and oxygen atoms in total. The van der Waals surface area contributed by atoms with Crippen molar-refractivity contribution in [2.45, 2.75) is 37.2 Å². The monoisotopic (exact) mass is 321 g/mol. The van der Waals surface area contributed by atoms with Gasteiger partial charge in [0.1, 0.15) is 6.04 Å². The van der Waals surface area contributed by atoms with Crippen molar-refractivity contribution in [3.8, 4) is 5.88 Å². The van der Waals surface area contributed by atoms with Crippen LogP contribution < -0.4 is 10.1 Å². The zero-order valence-corrected chi connectivity index (χ0v) is 13.5. The zero-order chi connectivity index (χ0) is 15.7. The van der Waals surface area contributed by atoms with Gasteiger partial charge in [-0.2, -0.15) is 0 Å². The van der Waals surface area contributed by atoms with Gasteiger partial charge in [0, 0.05) is 30.5 Å². The van der Waals surface area contributed by atoms with E-state index in [1.54, 1.807) is 36.0 Å². The summed E-state index contributed by atoms with van der Waals surface area (Å²) in [4.78, 5) is 30.2. The first-order chi connectivity index (χ1) is 10.5. The second-order valence-electron chi connectivity index (χ2n) is 5.66. The van der Waals surface area contributed by atoms with Crippen molar-refractivity contribution in [2.75, 3.05) is 12.9 Å². The fraction of sp³-hybridized carbons (Fsp3) is 0.533. The fourth-order valence-electron chi connectivity index (χ4n) is 3.06. The average Bonchev–Trinajstić information content (AvgIpc) is 3.02. The van der Waals surface area contributed by atoms with E-state index in [1.165, 1.54) is 0 Å². The van der Waals surface area contributed by atoms with Crippen molar-refractivity contribution in [3.05, 3.63) is 23.9 Å². The van der Waals surface area contributed by atoms with Gasteiger partial charge in [-0.1, -0.05) is 6.07 Å². The molecule has 0 radical (unpaired) electrons. The minimum absolute atomic E-state index is 0.0756. The summed E-state index contributed by atoms with van der Waals surface area (Å²) in [6.45, 7) is 2.38. The number of ether oxygens (including phenoxy) is 1. The van der Waals surface area contributed by atoms with Crippen LogP contribution in [0.3, 0.4) is 0 Å². The molecule has 3 rings (SSSR count). The average molecular weight is 321 g/mol. The van der Waals surface area contributed by atoms with Gasteiger partial charge in [0.05, 0.1) is 12.0 Å². The van der Waals surface area contributed by atoms with Gasteiger partial charge in [-0.3, -0.25) is 9.59 Å². The number of fused-ring (bicyclic) bond motifs is 1. The Bertz CT molecular complexity index is 609. The Morgan fingerprint density at radius 3 is 3.23 bits per heavy atom. The van der Waals surface area contributed by atoms with Crippen LogP contribution >= 0.6 is 11.8 Å². The summed E-state index contributed by atoms with van der Waals surface area (Å²) in [7, 11) is 1.55. The van der Waals surface area contributed by atoms with Gasteiger partial charge >= 0.3 is 0 Å². The van der Waals surface area contributed by atoms with Crippen molar-refractivity contribution < 1.29 is 14.3 Å². The molecule has 1 aromatic rings. The molecule has 118 valence electrons. The van der Waals surface area contributed by atoms with E-state index in [4.69, 9.17) is 4.74 Å². The number of carbonyl (C=O) groups is 2. The third-order valence-corrected chi connectivity index (χ3v) is 5.75. The highest BCUT2D eigenvalue weighted by molar-refractivity contribution is 8.01. The Morgan fingerprint density at radius 1 is 1.64 bits per heavy atom. The zero-order valence-electron chi connectivity index (χ0n) is 12.7. The van der Waals surface area contributed by atoms with Crippen molar-refractivity contribution in [2.24, 2.45) is 0 Å². The first-order valence-electron chi connectivity index (χ1n) is 7.27. The van der Waals surface area contributed by atoms with Crippen LogP contribution in [-0.2, 0) is 16.1 Å². The van der Waals surface area contributed by atoms with Crippen LogP contribution in [0.5, 0.6) is 5.88 Å². The molecule has 22 heavy (non-hydrogen) atoms. The Hall–Kier alpha value is -1.76. The highest BCUT2D eigenvalue weighted by Crippen LogP contribution is 2.47. The van der Waals surface area contributed by atoms with Crippen molar-refractivity contribution in [3.63, 3.8) is 0 Å². The van der Waals surface area contributed by atoms with Gasteiger partial charge in [0.2, 0.25) is 17.7 Å². The van der Waals surface area contributed by atoms with E-state index in [2.05, 4.69) is 10.3 Å². The quantitative estimate of drug-likeness (QED) is 0.901. The molecule has 2 amide bonds.